The van der Waals surface area contributed by atoms with E-state index in [1.807, 2.05) is 0 Å². The van der Waals surface area contributed by atoms with Crippen LogP contribution in [-0.4, -0.2) is 20.9 Å². The van der Waals surface area contributed by atoms with E-state index in [4.69, 9.17) is 5.73 Å². The van der Waals surface area contributed by atoms with Gasteiger partial charge in [-0.2, -0.15) is 0 Å². The van der Waals surface area contributed by atoms with E-state index in [-0.39, 0.29) is 18.3 Å². The van der Waals surface area contributed by atoms with Gasteiger partial charge in [0.15, 0.2) is 0 Å². The predicted molar refractivity (Wildman–Crippen MR) is 67.6 cm³/mol. The van der Waals surface area contributed by atoms with Crippen LogP contribution in [0.4, 0.5) is 14.5 Å². The van der Waals surface area contributed by atoms with E-state index < -0.39 is 17.5 Å². The van der Waals surface area contributed by atoms with Crippen LogP contribution in [0.25, 0.3) is 0 Å². The van der Waals surface area contributed by atoms with Gasteiger partial charge in [0.25, 0.3) is 0 Å². The Hall–Kier alpha value is -2.35. The Labute approximate surface area is 113 Å². The van der Waals surface area contributed by atoms with E-state index >= 15 is 0 Å². The summed E-state index contributed by atoms with van der Waals surface area (Å²) in [6, 6.07) is 2.51. The molecule has 0 aliphatic heterocycles. The fraction of sp³-hybridized carbons (Fsp3) is 0.250. The maximum Gasteiger partial charge on any atom is 0.246 e. The Morgan fingerprint density at radius 1 is 1.50 bits per heavy atom. The van der Waals surface area contributed by atoms with Crippen LogP contribution in [0.1, 0.15) is 18.7 Å². The molecule has 2 aromatic rings. The van der Waals surface area contributed by atoms with Gasteiger partial charge in [-0.05, 0) is 19.1 Å². The largest absolute Gasteiger partial charge is 0.323 e. The number of rotatable bonds is 4. The molecular formula is C12H13F2N5O. The van der Waals surface area contributed by atoms with Crippen molar-refractivity contribution in [2.24, 2.45) is 5.73 Å². The highest BCUT2D eigenvalue weighted by atomic mass is 19.1. The van der Waals surface area contributed by atoms with Gasteiger partial charge in [-0.1, -0.05) is 5.21 Å². The van der Waals surface area contributed by atoms with Crippen molar-refractivity contribution in [3.05, 3.63) is 41.7 Å². The van der Waals surface area contributed by atoms with Crippen LogP contribution in [0.5, 0.6) is 0 Å². The smallest absolute Gasteiger partial charge is 0.246 e. The molecular weight excluding hydrogens is 268 g/mol. The summed E-state index contributed by atoms with van der Waals surface area (Å²) in [5.41, 5.74) is 5.93. The molecule has 1 heterocycles. The highest BCUT2D eigenvalue weighted by molar-refractivity contribution is 5.90. The van der Waals surface area contributed by atoms with E-state index in [0.29, 0.717) is 5.69 Å². The summed E-state index contributed by atoms with van der Waals surface area (Å²) in [5.74, 6) is -1.90. The van der Waals surface area contributed by atoms with Crippen LogP contribution in [0, 0.1) is 11.6 Å². The van der Waals surface area contributed by atoms with Crippen molar-refractivity contribution in [3.63, 3.8) is 0 Å². The summed E-state index contributed by atoms with van der Waals surface area (Å²) >= 11 is 0. The zero-order chi connectivity index (χ0) is 14.7. The van der Waals surface area contributed by atoms with Crippen molar-refractivity contribution in [1.29, 1.82) is 0 Å². The number of carbonyl (C=O) groups is 1. The number of benzene rings is 1. The fourth-order valence-corrected chi connectivity index (χ4v) is 1.53. The highest BCUT2D eigenvalue weighted by Gasteiger charge is 2.11. The lowest BCUT2D eigenvalue weighted by Gasteiger charge is -2.06. The molecule has 0 spiro atoms. The molecule has 20 heavy (non-hydrogen) atoms. The highest BCUT2D eigenvalue weighted by Crippen LogP contribution is 2.15. The number of nitrogens with zero attached hydrogens (tertiary/aromatic N) is 3. The maximum atomic E-state index is 13.3. The van der Waals surface area contributed by atoms with Gasteiger partial charge in [-0.25, -0.2) is 13.5 Å². The molecule has 0 bridgehead atoms. The topological polar surface area (TPSA) is 85.8 Å². The molecule has 3 N–H and O–H groups in total. The number of hydrogen-bond donors (Lipinski definition) is 2. The number of aromatic nitrogens is 3. The third kappa shape index (κ3) is 3.35. The Balaban J connectivity index is 2.03. The number of anilines is 1. The zero-order valence-corrected chi connectivity index (χ0v) is 10.7. The minimum atomic E-state index is -0.713. The van der Waals surface area contributed by atoms with Crippen LogP contribution in [0.15, 0.2) is 24.4 Å². The number of carbonyl (C=O) groups excluding carboxylic acids is 1. The first kappa shape index (κ1) is 14.1. The van der Waals surface area contributed by atoms with Gasteiger partial charge in [0.2, 0.25) is 5.91 Å². The summed E-state index contributed by atoms with van der Waals surface area (Å²) in [7, 11) is 0. The van der Waals surface area contributed by atoms with Gasteiger partial charge in [-0.15, -0.1) is 5.10 Å². The van der Waals surface area contributed by atoms with Gasteiger partial charge in [0, 0.05) is 12.1 Å². The van der Waals surface area contributed by atoms with Crippen molar-refractivity contribution < 1.29 is 13.6 Å². The third-order valence-corrected chi connectivity index (χ3v) is 2.53. The fourth-order valence-electron chi connectivity index (χ4n) is 1.53. The summed E-state index contributed by atoms with van der Waals surface area (Å²) in [6.07, 6.45) is 1.52. The average Bonchev–Trinajstić information content (AvgIpc) is 2.82. The second kappa shape index (κ2) is 5.74. The number of nitrogens with two attached hydrogens (primary N) is 1. The van der Waals surface area contributed by atoms with Gasteiger partial charge in [0.1, 0.15) is 18.2 Å². The molecule has 0 fully saturated rings. The quantitative estimate of drug-likeness (QED) is 0.882. The lowest BCUT2D eigenvalue weighted by Crippen LogP contribution is -2.20. The van der Waals surface area contributed by atoms with E-state index in [9.17, 15) is 13.6 Å². The zero-order valence-electron chi connectivity index (χ0n) is 10.7. The molecule has 0 aliphatic carbocycles. The van der Waals surface area contributed by atoms with Crippen LogP contribution < -0.4 is 11.1 Å². The molecule has 0 saturated carbocycles. The monoisotopic (exact) mass is 281 g/mol. The van der Waals surface area contributed by atoms with Crippen LogP contribution in [-0.2, 0) is 11.3 Å². The molecule has 6 nitrogen and oxygen atoms in total. The van der Waals surface area contributed by atoms with Crippen LogP contribution in [0.2, 0.25) is 0 Å². The molecule has 1 amide bonds. The number of hydrogen-bond acceptors (Lipinski definition) is 4. The minimum absolute atomic E-state index is 0.171. The summed E-state index contributed by atoms with van der Waals surface area (Å²) in [6.45, 7) is 1.56. The Kier molecular flexibility index (Phi) is 4.04. The average molecular weight is 281 g/mol. The molecule has 0 radical (unpaired) electrons. The normalized spacial score (nSPS) is 12.2. The molecule has 1 aromatic heterocycles. The van der Waals surface area contributed by atoms with Gasteiger partial charge >= 0.3 is 0 Å². The van der Waals surface area contributed by atoms with Gasteiger partial charge in [-0.3, -0.25) is 4.79 Å². The molecule has 2 rings (SSSR count). The lowest BCUT2D eigenvalue weighted by molar-refractivity contribution is -0.116. The van der Waals surface area contributed by atoms with Crippen molar-refractivity contribution in [3.8, 4) is 0 Å². The Morgan fingerprint density at radius 2 is 2.25 bits per heavy atom. The van der Waals surface area contributed by atoms with E-state index in [0.717, 1.165) is 18.2 Å². The van der Waals surface area contributed by atoms with Gasteiger partial charge < -0.3 is 11.1 Å². The van der Waals surface area contributed by atoms with Crippen molar-refractivity contribution in [1.82, 2.24) is 15.0 Å². The Morgan fingerprint density at radius 3 is 2.90 bits per heavy atom. The summed E-state index contributed by atoms with van der Waals surface area (Å²) in [4.78, 5) is 11.7. The maximum absolute atomic E-state index is 13.3. The number of halogens is 2. The van der Waals surface area contributed by atoms with E-state index in [1.54, 1.807) is 6.92 Å². The molecule has 1 aromatic carbocycles. The minimum Gasteiger partial charge on any atom is -0.323 e. The first-order valence-corrected chi connectivity index (χ1v) is 5.86. The molecule has 106 valence electrons. The second-order valence-corrected chi connectivity index (χ2v) is 4.30. The van der Waals surface area contributed by atoms with Crippen molar-refractivity contribution in [2.75, 3.05) is 5.32 Å². The molecule has 0 saturated heterocycles. The van der Waals surface area contributed by atoms with Crippen molar-refractivity contribution >= 4 is 11.6 Å². The SMILES string of the molecule is CC(N)c1cn(CC(=O)Nc2cc(F)ccc2F)nn1. The molecule has 0 aliphatic rings. The lowest BCUT2D eigenvalue weighted by atomic mass is 10.3. The molecule has 8 heteroatoms. The summed E-state index contributed by atoms with van der Waals surface area (Å²) < 4.78 is 27.6. The van der Waals surface area contributed by atoms with E-state index in [2.05, 4.69) is 15.6 Å². The summed E-state index contributed by atoms with van der Waals surface area (Å²) in [5, 5.41) is 9.76. The number of nitrogens with one attached hydrogen (secondary N) is 1. The first-order chi connectivity index (χ1) is 9.45. The third-order valence-electron chi connectivity index (χ3n) is 2.53. The van der Waals surface area contributed by atoms with Crippen LogP contribution >= 0.6 is 0 Å². The second-order valence-electron chi connectivity index (χ2n) is 4.30. The standard InChI is InChI=1S/C12H13F2N5O/c1-7(15)11-5-19(18-17-11)6-12(20)16-10-4-8(13)2-3-9(10)14/h2-5,7H,6,15H2,1H3,(H,16,20). The first-order valence-electron chi connectivity index (χ1n) is 5.86. The molecule has 1 atom stereocenters. The number of amides is 1. The Bertz CT molecular complexity index is 626. The van der Waals surface area contributed by atoms with E-state index in [1.165, 1.54) is 10.9 Å². The molecule has 1 unspecified atom stereocenters. The van der Waals surface area contributed by atoms with Crippen LogP contribution in [0.3, 0.4) is 0 Å². The van der Waals surface area contributed by atoms with Crippen molar-refractivity contribution in [2.45, 2.75) is 19.5 Å². The predicted octanol–water partition coefficient (Wildman–Crippen LogP) is 1.21. The van der Waals surface area contributed by atoms with Gasteiger partial charge in [0.05, 0.1) is 17.6 Å².